The molecule has 0 radical (unpaired) electrons. The van der Waals surface area contributed by atoms with E-state index in [4.69, 9.17) is 15.1 Å². The molecule has 0 aliphatic carbocycles. The number of carbonyl (C=O) groups is 1. The average Bonchev–Trinajstić information content (AvgIpc) is 3.33. The Kier molecular flexibility index (Phi) is 16.7. The molecule has 1 fully saturated rings. The Morgan fingerprint density at radius 1 is 0.426 bits per heavy atom. The van der Waals surface area contributed by atoms with E-state index in [0.29, 0.717) is 0 Å². The van der Waals surface area contributed by atoms with Crippen LogP contribution in [0, 0.1) is 27.7 Å². The first kappa shape index (κ1) is 49.4. The monoisotopic (exact) mass is 968 g/mol. The van der Waals surface area contributed by atoms with Gasteiger partial charge in [-0.05, 0) is 110 Å². The summed E-state index contributed by atoms with van der Waals surface area (Å²) in [5.41, 5.74) is 20.4. The van der Waals surface area contributed by atoms with Crippen LogP contribution in [0.5, 0.6) is 0 Å². The summed E-state index contributed by atoms with van der Waals surface area (Å²) in [5.74, 6) is 1.84. The fourth-order valence-electron chi connectivity index (χ4n) is 7.97. The van der Waals surface area contributed by atoms with Crippen LogP contribution in [0.15, 0.2) is 204 Å². The first-order valence-electron chi connectivity index (χ1n) is 22.6. The fraction of sp³-hybridized carbons (Fsp3) is 0.131. The van der Waals surface area contributed by atoms with Crippen molar-refractivity contribution in [3.05, 3.63) is 216 Å². The van der Waals surface area contributed by atoms with Gasteiger partial charge in [0.25, 0.3) is 0 Å². The van der Waals surface area contributed by atoms with E-state index in [1.54, 1.807) is 23.5 Å². The van der Waals surface area contributed by atoms with Crippen molar-refractivity contribution in [2.45, 2.75) is 41.5 Å². The summed E-state index contributed by atoms with van der Waals surface area (Å²) in [4.78, 5) is 21.5. The Bertz CT molecular complexity index is 2770. The number of aliphatic imine (C=N–C) groups is 2. The van der Waals surface area contributed by atoms with E-state index in [0.717, 1.165) is 88.6 Å². The first-order valence-corrected chi connectivity index (χ1v) is 24.5. The van der Waals surface area contributed by atoms with E-state index in [2.05, 4.69) is 210 Å². The molecule has 1 aliphatic rings. The van der Waals surface area contributed by atoms with Gasteiger partial charge in [-0.2, -0.15) is 0 Å². The Morgan fingerprint density at radius 2 is 0.706 bits per heavy atom. The van der Waals surface area contributed by atoms with E-state index >= 15 is 0 Å². The number of thioether (sulfide) groups is 2. The van der Waals surface area contributed by atoms with Crippen molar-refractivity contribution in [1.82, 2.24) is 0 Å². The van der Waals surface area contributed by atoms with Crippen molar-refractivity contribution in [3.8, 4) is 66.8 Å². The molecule has 342 valence electrons. The third-order valence-corrected chi connectivity index (χ3v) is 13.8. The molecule has 1 aliphatic heterocycles. The van der Waals surface area contributed by atoms with Gasteiger partial charge >= 0.3 is 0 Å². The fourth-order valence-corrected chi connectivity index (χ4v) is 10.0. The van der Waals surface area contributed by atoms with E-state index in [1.807, 2.05) is 0 Å². The van der Waals surface area contributed by atoms with E-state index < -0.39 is 0 Å². The van der Waals surface area contributed by atoms with Crippen molar-refractivity contribution < 1.29 is 26.4 Å². The summed E-state index contributed by atoms with van der Waals surface area (Å²) < 4.78 is 0. The summed E-state index contributed by atoms with van der Waals surface area (Å²) in [6.45, 7) is 11.4. The number of aliphatic hydroxyl groups excluding tert-OH is 1. The zero-order chi connectivity index (χ0) is 46.9. The van der Waals surface area contributed by atoms with Crippen molar-refractivity contribution >= 4 is 50.8 Å². The van der Waals surface area contributed by atoms with Gasteiger partial charge < -0.3 is 5.11 Å². The second-order valence-corrected chi connectivity index (χ2v) is 19.1. The number of allylic oxidation sites excluding steroid dienone is 2. The van der Waals surface area contributed by atoms with Gasteiger partial charge in [-0.3, -0.25) is 4.79 Å². The number of carbonyl (C=O) groups excluding carboxylic acids is 1. The number of benzene rings is 8. The summed E-state index contributed by atoms with van der Waals surface area (Å²) in [7, 11) is 0. The quantitative estimate of drug-likeness (QED) is 0.0889. The minimum atomic E-state index is -0.125. The maximum Gasteiger partial charge on any atom is 0.155 e. The van der Waals surface area contributed by atoms with Crippen LogP contribution in [0.2, 0.25) is 0 Å². The van der Waals surface area contributed by atoms with Gasteiger partial charge in [-0.15, -0.1) is 23.5 Å². The molecule has 1 saturated heterocycles. The Hall–Kier alpha value is -6.50. The maximum absolute atomic E-state index is 10.0. The predicted molar refractivity (Wildman–Crippen MR) is 291 cm³/mol. The second kappa shape index (κ2) is 23.0. The number of nitrogens with zero attached hydrogens (tertiary/aromatic N) is 2. The average molecular weight is 970 g/mol. The zero-order valence-electron chi connectivity index (χ0n) is 39.2. The Labute approximate surface area is 420 Å². The smallest absolute Gasteiger partial charge is 0.155 e. The van der Waals surface area contributed by atoms with Gasteiger partial charge in [0.1, 0.15) is 10.1 Å². The van der Waals surface area contributed by atoms with Gasteiger partial charge in [0.2, 0.25) is 0 Å². The van der Waals surface area contributed by atoms with Crippen molar-refractivity contribution in [2.75, 3.05) is 11.5 Å². The van der Waals surface area contributed by atoms with Crippen LogP contribution in [-0.2, 0) is 21.3 Å². The topological polar surface area (TPSA) is 62.0 Å². The van der Waals surface area contributed by atoms with Crippen LogP contribution in [0.4, 0.5) is 11.4 Å². The SMILES string of the molecule is CC(=O)/C=C(/C)O.Cc1ccc(-c2cc(-c3ccccc3)cc(-c3ccc(C)cc3)c2N=C2SCCSC2=Nc2c(-c3ccc(C)cc3)cc(-c3ccccc3)cc2-c2ccc(C)cc2)cc1.[Ni]. The molecule has 1 heterocycles. The van der Waals surface area contributed by atoms with Gasteiger partial charge in [0, 0.05) is 56.3 Å². The number of hydrogen-bond acceptors (Lipinski definition) is 6. The summed E-state index contributed by atoms with van der Waals surface area (Å²) in [6, 6.07) is 66.1. The third kappa shape index (κ3) is 12.3. The summed E-state index contributed by atoms with van der Waals surface area (Å²) in [6.07, 6.45) is 1.17. The molecule has 68 heavy (non-hydrogen) atoms. The first-order chi connectivity index (χ1) is 32.5. The van der Waals surface area contributed by atoms with Crippen LogP contribution in [0.25, 0.3) is 66.8 Å². The molecule has 8 aromatic carbocycles. The number of ketones is 1. The van der Waals surface area contributed by atoms with E-state index in [1.165, 1.54) is 53.3 Å². The van der Waals surface area contributed by atoms with Crippen LogP contribution in [0.3, 0.4) is 0 Å². The molecule has 8 aromatic rings. The Morgan fingerprint density at radius 3 is 0.941 bits per heavy atom. The molecule has 0 atom stereocenters. The largest absolute Gasteiger partial charge is 0.512 e. The molecule has 0 unspecified atom stereocenters. The van der Waals surface area contributed by atoms with E-state index in [9.17, 15) is 4.79 Å². The molecule has 9 rings (SSSR count). The number of hydrogen-bond donors (Lipinski definition) is 1. The van der Waals surface area contributed by atoms with Crippen LogP contribution in [-0.4, -0.2) is 32.5 Å². The molecular weight excluding hydrogens is 916 g/mol. The predicted octanol–water partition coefficient (Wildman–Crippen LogP) is 17.2. The van der Waals surface area contributed by atoms with Crippen LogP contribution in [0.1, 0.15) is 36.1 Å². The third-order valence-electron chi connectivity index (χ3n) is 11.5. The van der Waals surface area contributed by atoms with Gasteiger partial charge in [-0.25, -0.2) is 9.98 Å². The van der Waals surface area contributed by atoms with Gasteiger partial charge in [0.05, 0.1) is 17.1 Å². The molecule has 0 aromatic heterocycles. The zero-order valence-corrected chi connectivity index (χ0v) is 41.8. The molecule has 4 nitrogen and oxygen atoms in total. The van der Waals surface area contributed by atoms with Crippen molar-refractivity contribution in [1.29, 1.82) is 0 Å². The molecule has 1 N–H and O–H groups in total. The summed E-state index contributed by atoms with van der Waals surface area (Å²) >= 11 is 3.61. The molecule has 0 saturated carbocycles. The number of aryl methyl sites for hydroxylation is 4. The molecular formula is C61H54N2NiO2S2. The second-order valence-electron chi connectivity index (χ2n) is 17.0. The van der Waals surface area contributed by atoms with Crippen molar-refractivity contribution in [2.24, 2.45) is 9.98 Å². The van der Waals surface area contributed by atoms with E-state index in [-0.39, 0.29) is 28.0 Å². The maximum atomic E-state index is 10.0. The number of rotatable bonds is 9. The molecule has 0 bridgehead atoms. The molecule has 0 spiro atoms. The standard InChI is InChI=1S/C56H46N2S2.C5H8O2.Ni/c1-37-15-23-43(24-16-37)49-33-47(41-11-7-5-8-12-41)34-50(44-25-17-38(2)18-26-44)53(49)57-55-56(60-32-31-59-55)58-54-51(45-27-19-39(3)20-28-45)35-48(42-13-9-6-10-14-42)36-52(54)46-29-21-40(4)22-30-46;1-4(6)3-5(2)7;/h5-30,33-36H,31-32H2,1-4H3;3,6H,1-2H3;/b;4-3-;. The van der Waals surface area contributed by atoms with Crippen LogP contribution < -0.4 is 0 Å². The molecule has 0 amide bonds. The number of aliphatic hydroxyl groups is 1. The van der Waals surface area contributed by atoms with Crippen molar-refractivity contribution in [3.63, 3.8) is 0 Å². The summed E-state index contributed by atoms with van der Waals surface area (Å²) in [5, 5.41) is 10.2. The Balaban J connectivity index is 0.000000795. The normalized spacial score (nSPS) is 13.6. The van der Waals surface area contributed by atoms with Gasteiger partial charge in [0.15, 0.2) is 5.78 Å². The van der Waals surface area contributed by atoms with Gasteiger partial charge in [-0.1, -0.05) is 180 Å². The van der Waals surface area contributed by atoms with Crippen LogP contribution >= 0.6 is 23.5 Å². The minimum absolute atomic E-state index is 0. The minimum Gasteiger partial charge on any atom is -0.512 e. The molecule has 7 heteroatoms.